The zero-order valence-corrected chi connectivity index (χ0v) is 18.7. The molecule has 0 saturated heterocycles. The molecule has 0 amide bonds. The Morgan fingerprint density at radius 1 is 0.840 bits per heavy atom. The standard InChI is InChI=1S/C11H16N.2C6H5.Bi/c1-4-11(12-3)10-7-5-6-9(2)8-10;2*1-2-4-6-5-3-1;/h5-6,8,11-12H,4H2,1-3H3;2*1-5H;. The van der Waals surface area contributed by atoms with Crippen LogP contribution in [0.4, 0.5) is 0 Å². The first-order valence-corrected chi connectivity index (χ1v) is 14.1. The van der Waals surface area contributed by atoms with Crippen LogP contribution in [0.3, 0.4) is 0 Å². The van der Waals surface area contributed by atoms with Crippen LogP contribution in [0.1, 0.15) is 30.5 Å². The zero-order chi connectivity index (χ0) is 17.6. The van der Waals surface area contributed by atoms with Crippen LogP contribution in [-0.2, 0) is 0 Å². The third-order valence-corrected chi connectivity index (χ3v) is 14.4. The molecule has 0 saturated carbocycles. The molecule has 2 heteroatoms. The van der Waals surface area contributed by atoms with E-state index in [1.165, 1.54) is 11.1 Å². The van der Waals surface area contributed by atoms with Gasteiger partial charge in [0, 0.05) is 0 Å². The Balaban J connectivity index is 2.21. The summed E-state index contributed by atoms with van der Waals surface area (Å²) in [5.74, 6) is 0. The molecule has 25 heavy (non-hydrogen) atoms. The van der Waals surface area contributed by atoms with Crippen LogP contribution in [0.15, 0.2) is 78.9 Å². The van der Waals surface area contributed by atoms with Gasteiger partial charge in [-0.1, -0.05) is 0 Å². The van der Waals surface area contributed by atoms with Crippen LogP contribution in [0.2, 0.25) is 0 Å². The maximum atomic E-state index is 3.53. The normalized spacial score (nSPS) is 12.3. The Morgan fingerprint density at radius 3 is 1.88 bits per heavy atom. The zero-order valence-electron chi connectivity index (χ0n) is 15.2. The van der Waals surface area contributed by atoms with Crippen LogP contribution in [-0.4, -0.2) is 28.8 Å². The predicted molar refractivity (Wildman–Crippen MR) is 111 cm³/mol. The summed E-state index contributed by atoms with van der Waals surface area (Å²) >= 11 is -2.31. The van der Waals surface area contributed by atoms with Crippen molar-refractivity contribution in [2.24, 2.45) is 0 Å². The van der Waals surface area contributed by atoms with E-state index in [1.54, 1.807) is 9.81 Å². The van der Waals surface area contributed by atoms with Gasteiger partial charge in [-0.3, -0.25) is 0 Å². The number of nitrogens with one attached hydrogen (secondary N) is 1. The molecule has 3 rings (SSSR count). The first kappa shape index (κ1) is 18.3. The van der Waals surface area contributed by atoms with E-state index in [-0.39, 0.29) is 0 Å². The molecule has 128 valence electrons. The second-order valence-electron chi connectivity index (χ2n) is 6.32. The molecule has 0 bridgehead atoms. The van der Waals surface area contributed by atoms with E-state index < -0.39 is 21.8 Å². The molecule has 0 spiro atoms. The molecule has 0 heterocycles. The third kappa shape index (κ3) is 4.19. The summed E-state index contributed by atoms with van der Waals surface area (Å²) in [5.41, 5.74) is 2.84. The molecule has 0 aliphatic carbocycles. The summed E-state index contributed by atoms with van der Waals surface area (Å²) in [6.07, 6.45) is 1.11. The fraction of sp³-hybridized carbons (Fsp3) is 0.217. The van der Waals surface area contributed by atoms with E-state index in [9.17, 15) is 0 Å². The number of hydrogen-bond acceptors (Lipinski definition) is 1. The van der Waals surface area contributed by atoms with Crippen molar-refractivity contribution in [3.63, 3.8) is 0 Å². The Kier molecular flexibility index (Phi) is 6.40. The van der Waals surface area contributed by atoms with Gasteiger partial charge >= 0.3 is 160 Å². The van der Waals surface area contributed by atoms with Crippen LogP contribution >= 0.6 is 0 Å². The number of aryl methyl sites for hydroxylation is 1. The first-order valence-electron chi connectivity index (χ1n) is 8.92. The molecule has 0 aliphatic heterocycles. The average Bonchev–Trinajstić information content (AvgIpc) is 2.66. The van der Waals surface area contributed by atoms with E-state index in [0.29, 0.717) is 6.04 Å². The van der Waals surface area contributed by atoms with Crippen molar-refractivity contribution in [2.75, 3.05) is 7.05 Å². The van der Waals surface area contributed by atoms with Crippen LogP contribution in [0.5, 0.6) is 0 Å². The maximum absolute atomic E-state index is 3.53. The molecule has 1 nitrogen and oxygen atoms in total. The van der Waals surface area contributed by atoms with Crippen molar-refractivity contribution in [3.05, 3.63) is 90.0 Å². The van der Waals surface area contributed by atoms with E-state index in [0.717, 1.165) is 6.42 Å². The van der Waals surface area contributed by atoms with Gasteiger partial charge < -0.3 is 0 Å². The van der Waals surface area contributed by atoms with E-state index in [2.05, 4.69) is 105 Å². The van der Waals surface area contributed by atoms with E-state index >= 15 is 0 Å². The molecule has 1 unspecified atom stereocenters. The Hall–Kier alpha value is -1.50. The molecule has 1 N–H and O–H groups in total. The summed E-state index contributed by atoms with van der Waals surface area (Å²) in [7, 11) is 2.08. The average molecular weight is 525 g/mol. The Labute approximate surface area is 159 Å². The van der Waals surface area contributed by atoms with Gasteiger partial charge in [0.05, 0.1) is 0 Å². The third-order valence-electron chi connectivity index (χ3n) is 4.58. The Bertz CT molecular complexity index is 755. The molecule has 1 atom stereocenters. The van der Waals surface area contributed by atoms with Crippen molar-refractivity contribution < 1.29 is 0 Å². The molecule has 3 aromatic carbocycles. The van der Waals surface area contributed by atoms with Crippen molar-refractivity contribution >= 4 is 31.6 Å². The first-order chi connectivity index (χ1) is 12.2. The van der Waals surface area contributed by atoms with Gasteiger partial charge in [0.25, 0.3) is 0 Å². The van der Waals surface area contributed by atoms with Gasteiger partial charge in [-0.2, -0.15) is 0 Å². The second kappa shape index (κ2) is 8.74. The summed E-state index contributed by atoms with van der Waals surface area (Å²) in [6.45, 7) is 4.46. The summed E-state index contributed by atoms with van der Waals surface area (Å²) < 4.78 is 4.68. The van der Waals surface area contributed by atoms with Gasteiger partial charge in [-0.05, 0) is 0 Å². The van der Waals surface area contributed by atoms with Crippen LogP contribution in [0, 0.1) is 6.92 Å². The van der Waals surface area contributed by atoms with Crippen LogP contribution < -0.4 is 15.1 Å². The SMILES string of the molecule is CCC(NC)c1cc(C)cc[c]1[Bi]([c]1ccccc1)[c]1ccccc1. The van der Waals surface area contributed by atoms with Gasteiger partial charge in [0.15, 0.2) is 0 Å². The molecule has 0 radical (unpaired) electrons. The molecule has 3 aromatic rings. The fourth-order valence-corrected chi connectivity index (χ4v) is 13.0. The number of rotatable bonds is 6. The van der Waals surface area contributed by atoms with Crippen molar-refractivity contribution in [2.45, 2.75) is 26.3 Å². The summed E-state index contributed by atoms with van der Waals surface area (Å²) in [4.78, 5) is 0. The van der Waals surface area contributed by atoms with Crippen molar-refractivity contribution in [1.29, 1.82) is 0 Å². The molecule has 0 aliphatic rings. The topological polar surface area (TPSA) is 12.0 Å². The van der Waals surface area contributed by atoms with E-state index in [1.807, 2.05) is 0 Å². The van der Waals surface area contributed by atoms with Gasteiger partial charge in [0.1, 0.15) is 0 Å². The van der Waals surface area contributed by atoms with Crippen molar-refractivity contribution in [3.8, 4) is 0 Å². The minimum atomic E-state index is -2.31. The molecule has 0 aromatic heterocycles. The van der Waals surface area contributed by atoms with Gasteiger partial charge in [-0.15, -0.1) is 0 Å². The quantitative estimate of drug-likeness (QED) is 0.488. The number of benzene rings is 3. The van der Waals surface area contributed by atoms with Crippen LogP contribution in [0.25, 0.3) is 0 Å². The van der Waals surface area contributed by atoms with E-state index in [4.69, 9.17) is 0 Å². The van der Waals surface area contributed by atoms with Gasteiger partial charge in [0.2, 0.25) is 0 Å². The molecular weight excluding hydrogens is 499 g/mol. The predicted octanol–water partition coefficient (Wildman–Crippen LogP) is 3.18. The monoisotopic (exact) mass is 525 g/mol. The van der Waals surface area contributed by atoms with Gasteiger partial charge in [-0.25, -0.2) is 0 Å². The fourth-order valence-electron chi connectivity index (χ4n) is 3.32. The Morgan fingerprint density at radius 2 is 1.40 bits per heavy atom. The molecular formula is C23H26BiN. The van der Waals surface area contributed by atoms with Crippen molar-refractivity contribution in [1.82, 2.24) is 5.32 Å². The summed E-state index contributed by atoms with van der Waals surface area (Å²) in [6, 6.07) is 29.8. The molecule has 0 fully saturated rings. The minimum absolute atomic E-state index is 0.417. The summed E-state index contributed by atoms with van der Waals surface area (Å²) in [5, 5.41) is 3.53. The second-order valence-corrected chi connectivity index (χ2v) is 14.8. The number of hydrogen-bond donors (Lipinski definition) is 1.